The minimum absolute atomic E-state index is 0.117. The minimum Gasteiger partial charge on any atom is -0.384 e. The van der Waals surface area contributed by atoms with Gasteiger partial charge in [-0.25, -0.2) is 0 Å². The van der Waals surface area contributed by atoms with E-state index in [-0.39, 0.29) is 23.8 Å². The zero-order valence-corrected chi connectivity index (χ0v) is 13.3. The van der Waals surface area contributed by atoms with E-state index in [1.165, 1.54) is 5.56 Å². The smallest absolute Gasteiger partial charge is 0.253 e. The third-order valence-corrected chi connectivity index (χ3v) is 5.14. The summed E-state index contributed by atoms with van der Waals surface area (Å²) in [6.07, 6.45) is 4.78. The first-order chi connectivity index (χ1) is 11.2. The Morgan fingerprint density at radius 2 is 1.91 bits per heavy atom. The van der Waals surface area contributed by atoms with Crippen molar-refractivity contribution >= 4 is 17.5 Å². The predicted molar refractivity (Wildman–Crippen MR) is 88.4 cm³/mol. The number of likely N-dealkylation sites (tertiary alicyclic amines) is 1. The maximum atomic E-state index is 12.7. The molecule has 23 heavy (non-hydrogen) atoms. The maximum absolute atomic E-state index is 12.7. The van der Waals surface area contributed by atoms with Crippen molar-refractivity contribution in [1.82, 2.24) is 10.2 Å². The molecule has 5 heteroatoms. The van der Waals surface area contributed by atoms with Gasteiger partial charge in [0.2, 0.25) is 5.91 Å². The average Bonchev–Trinajstić information content (AvgIpc) is 3.32. The molecule has 0 atom stereocenters. The fourth-order valence-corrected chi connectivity index (χ4v) is 3.51. The molecular weight excluding hydrogens is 290 g/mol. The van der Waals surface area contributed by atoms with Crippen molar-refractivity contribution in [1.29, 1.82) is 0 Å². The lowest BCUT2D eigenvalue weighted by atomic mass is 10.0. The van der Waals surface area contributed by atoms with Crippen molar-refractivity contribution in [3.8, 4) is 0 Å². The zero-order chi connectivity index (χ0) is 15.8. The number of carbonyl (C=O) groups is 2. The van der Waals surface area contributed by atoms with Gasteiger partial charge in [-0.2, -0.15) is 0 Å². The van der Waals surface area contributed by atoms with Gasteiger partial charge in [-0.05, 0) is 55.9 Å². The highest BCUT2D eigenvalue weighted by Gasteiger charge is 2.32. The first-order valence-corrected chi connectivity index (χ1v) is 8.67. The molecule has 5 nitrogen and oxygen atoms in total. The molecule has 1 saturated carbocycles. The van der Waals surface area contributed by atoms with E-state index >= 15 is 0 Å². The van der Waals surface area contributed by atoms with E-state index in [1.54, 1.807) is 0 Å². The molecule has 2 fully saturated rings. The first kappa shape index (κ1) is 14.5. The largest absolute Gasteiger partial charge is 0.384 e. The molecule has 0 unspecified atom stereocenters. The number of hydrogen-bond donors (Lipinski definition) is 2. The molecule has 2 N–H and O–H groups in total. The van der Waals surface area contributed by atoms with Crippen LogP contribution in [0.2, 0.25) is 0 Å². The van der Waals surface area contributed by atoms with Crippen LogP contribution in [0.5, 0.6) is 0 Å². The van der Waals surface area contributed by atoms with Crippen LogP contribution in [0, 0.1) is 5.92 Å². The Labute approximate surface area is 136 Å². The SMILES string of the molecule is O=C(NC1CCN(C(=O)c2ccc3c(c2)CCN3)CC1)C1CC1. The maximum Gasteiger partial charge on any atom is 0.253 e. The van der Waals surface area contributed by atoms with Crippen LogP contribution >= 0.6 is 0 Å². The third-order valence-electron chi connectivity index (χ3n) is 5.14. The van der Waals surface area contributed by atoms with Crippen molar-refractivity contribution in [3.63, 3.8) is 0 Å². The Hall–Kier alpha value is -2.04. The Morgan fingerprint density at radius 1 is 1.13 bits per heavy atom. The molecule has 0 radical (unpaired) electrons. The van der Waals surface area contributed by atoms with E-state index in [0.717, 1.165) is 63.0 Å². The summed E-state index contributed by atoms with van der Waals surface area (Å²) in [6.45, 7) is 2.41. The summed E-state index contributed by atoms with van der Waals surface area (Å²) in [5.41, 5.74) is 3.18. The van der Waals surface area contributed by atoms with Crippen LogP contribution in [0.25, 0.3) is 0 Å². The second-order valence-corrected chi connectivity index (χ2v) is 6.90. The lowest BCUT2D eigenvalue weighted by Crippen LogP contribution is -2.46. The fraction of sp³-hybridized carbons (Fsp3) is 0.556. The molecule has 3 aliphatic rings. The number of piperidine rings is 1. The number of benzene rings is 1. The molecule has 1 aromatic carbocycles. The van der Waals surface area contributed by atoms with Gasteiger partial charge in [0.15, 0.2) is 0 Å². The number of rotatable bonds is 3. The summed E-state index contributed by atoms with van der Waals surface area (Å²) in [5.74, 6) is 0.585. The average molecular weight is 313 g/mol. The molecular formula is C18H23N3O2. The number of anilines is 1. The molecule has 2 amide bonds. The Kier molecular flexibility index (Phi) is 3.71. The molecule has 1 aromatic rings. The Balaban J connectivity index is 1.34. The number of amides is 2. The quantitative estimate of drug-likeness (QED) is 0.894. The first-order valence-electron chi connectivity index (χ1n) is 8.67. The summed E-state index contributed by atoms with van der Waals surface area (Å²) in [4.78, 5) is 26.4. The van der Waals surface area contributed by atoms with Crippen molar-refractivity contribution < 1.29 is 9.59 Å². The summed E-state index contributed by atoms with van der Waals surface area (Å²) in [5, 5.41) is 6.45. The zero-order valence-electron chi connectivity index (χ0n) is 13.3. The van der Waals surface area contributed by atoms with E-state index < -0.39 is 0 Å². The second-order valence-electron chi connectivity index (χ2n) is 6.90. The van der Waals surface area contributed by atoms with Gasteiger partial charge >= 0.3 is 0 Å². The van der Waals surface area contributed by atoms with Gasteiger partial charge in [0.05, 0.1) is 0 Å². The van der Waals surface area contributed by atoms with Crippen molar-refractivity contribution in [2.45, 2.75) is 38.1 Å². The van der Waals surface area contributed by atoms with Crippen molar-refractivity contribution in [3.05, 3.63) is 29.3 Å². The normalized spacial score (nSPS) is 20.8. The van der Waals surface area contributed by atoms with Crippen LogP contribution < -0.4 is 10.6 Å². The molecule has 4 rings (SSSR count). The lowest BCUT2D eigenvalue weighted by molar-refractivity contribution is -0.123. The summed E-state index contributed by atoms with van der Waals surface area (Å²) in [6, 6.07) is 6.19. The van der Waals surface area contributed by atoms with Crippen molar-refractivity contribution in [2.75, 3.05) is 25.0 Å². The molecule has 122 valence electrons. The van der Waals surface area contributed by atoms with E-state index in [2.05, 4.69) is 10.6 Å². The summed E-state index contributed by atoms with van der Waals surface area (Å²) < 4.78 is 0. The number of nitrogens with one attached hydrogen (secondary N) is 2. The number of fused-ring (bicyclic) bond motifs is 1. The molecule has 0 spiro atoms. The number of carbonyl (C=O) groups excluding carboxylic acids is 2. The van der Waals surface area contributed by atoms with Crippen LogP contribution in [-0.4, -0.2) is 42.4 Å². The van der Waals surface area contributed by atoms with Crippen LogP contribution in [0.3, 0.4) is 0 Å². The lowest BCUT2D eigenvalue weighted by Gasteiger charge is -2.32. The molecule has 1 aliphatic carbocycles. The summed E-state index contributed by atoms with van der Waals surface area (Å²) in [7, 11) is 0. The monoisotopic (exact) mass is 313 g/mol. The number of hydrogen-bond acceptors (Lipinski definition) is 3. The second kappa shape index (κ2) is 5.87. The summed E-state index contributed by atoms with van der Waals surface area (Å²) >= 11 is 0. The van der Waals surface area contributed by atoms with Gasteiger partial charge in [0.25, 0.3) is 5.91 Å². The van der Waals surface area contributed by atoms with Crippen LogP contribution in [0.1, 0.15) is 41.6 Å². The highest BCUT2D eigenvalue weighted by atomic mass is 16.2. The van der Waals surface area contributed by atoms with Gasteiger partial charge in [0, 0.05) is 42.8 Å². The molecule has 2 aliphatic heterocycles. The topological polar surface area (TPSA) is 61.4 Å². The highest BCUT2D eigenvalue weighted by Crippen LogP contribution is 2.29. The van der Waals surface area contributed by atoms with E-state index in [4.69, 9.17) is 0 Å². The van der Waals surface area contributed by atoms with Crippen LogP contribution in [0.15, 0.2) is 18.2 Å². The van der Waals surface area contributed by atoms with Crippen molar-refractivity contribution in [2.24, 2.45) is 5.92 Å². The van der Waals surface area contributed by atoms with Gasteiger partial charge in [-0.3, -0.25) is 9.59 Å². The molecule has 0 bridgehead atoms. The van der Waals surface area contributed by atoms with Crippen LogP contribution in [0.4, 0.5) is 5.69 Å². The standard InChI is InChI=1S/C18H23N3O2/c22-17(12-1-2-12)20-15-6-9-21(10-7-15)18(23)14-3-4-16-13(11-14)5-8-19-16/h3-4,11-12,15,19H,1-2,5-10H2,(H,20,22). The van der Waals surface area contributed by atoms with Gasteiger partial charge < -0.3 is 15.5 Å². The van der Waals surface area contributed by atoms with Gasteiger partial charge in [-0.15, -0.1) is 0 Å². The predicted octanol–water partition coefficient (Wildman–Crippen LogP) is 1.79. The van der Waals surface area contributed by atoms with Gasteiger partial charge in [0.1, 0.15) is 0 Å². The fourth-order valence-electron chi connectivity index (χ4n) is 3.51. The molecule has 2 heterocycles. The Bertz CT molecular complexity index is 631. The van der Waals surface area contributed by atoms with E-state index in [1.807, 2.05) is 23.1 Å². The third kappa shape index (κ3) is 3.05. The van der Waals surface area contributed by atoms with Gasteiger partial charge in [-0.1, -0.05) is 0 Å². The molecule has 1 saturated heterocycles. The highest BCUT2D eigenvalue weighted by molar-refractivity contribution is 5.95. The number of nitrogens with zero attached hydrogens (tertiary/aromatic N) is 1. The van der Waals surface area contributed by atoms with E-state index in [9.17, 15) is 9.59 Å². The minimum atomic E-state index is 0.117. The van der Waals surface area contributed by atoms with Crippen LogP contribution in [-0.2, 0) is 11.2 Å². The van der Waals surface area contributed by atoms with E-state index in [0.29, 0.717) is 0 Å². The molecule has 0 aromatic heterocycles. The Morgan fingerprint density at radius 3 is 2.65 bits per heavy atom.